The van der Waals surface area contributed by atoms with E-state index in [0.717, 1.165) is 12.8 Å². The van der Waals surface area contributed by atoms with E-state index in [0.29, 0.717) is 22.5 Å². The van der Waals surface area contributed by atoms with Gasteiger partial charge < -0.3 is 10.1 Å². The van der Waals surface area contributed by atoms with Crippen LogP contribution in [0.4, 0.5) is 0 Å². The summed E-state index contributed by atoms with van der Waals surface area (Å²) in [6.45, 7) is 3.95. The van der Waals surface area contributed by atoms with Gasteiger partial charge in [-0.15, -0.1) is 0 Å². The lowest BCUT2D eigenvalue weighted by atomic mass is 10.0. The molecule has 0 saturated heterocycles. The monoisotopic (exact) mass is 403 g/mol. The van der Waals surface area contributed by atoms with Crippen molar-refractivity contribution < 1.29 is 14.3 Å². The molecule has 0 spiro atoms. The van der Waals surface area contributed by atoms with Gasteiger partial charge in [0.1, 0.15) is 6.04 Å². The van der Waals surface area contributed by atoms with Crippen LogP contribution in [0.25, 0.3) is 10.9 Å². The Bertz CT molecular complexity index is 937. The number of nitrogens with one attached hydrogen (secondary N) is 1. The largest absolute Gasteiger partial charge is 0.467 e. The second-order valence-corrected chi connectivity index (χ2v) is 8.32. The Morgan fingerprint density at radius 2 is 2.04 bits per heavy atom. The lowest BCUT2D eigenvalue weighted by molar-refractivity contribution is -0.145. The number of fused-ring (bicyclic) bond motifs is 1. The molecule has 1 aliphatic carbocycles. The summed E-state index contributed by atoms with van der Waals surface area (Å²) in [5.41, 5.74) is 0.558. The minimum Gasteiger partial charge on any atom is -0.467 e. The lowest BCUT2D eigenvalue weighted by Crippen LogP contribution is -2.43. The van der Waals surface area contributed by atoms with Crippen LogP contribution in [0.2, 0.25) is 0 Å². The Morgan fingerprint density at radius 1 is 1.32 bits per heavy atom. The van der Waals surface area contributed by atoms with Crippen molar-refractivity contribution in [1.82, 2.24) is 14.9 Å². The molecule has 1 fully saturated rings. The number of ether oxygens (including phenoxy) is 1. The van der Waals surface area contributed by atoms with Crippen molar-refractivity contribution in [2.24, 2.45) is 5.92 Å². The fourth-order valence-electron chi connectivity index (χ4n) is 3.08. The molecule has 0 aliphatic heterocycles. The number of methoxy groups -OCH3 is 1. The number of esters is 1. The molecule has 150 valence electrons. The Balaban J connectivity index is 1.75. The van der Waals surface area contributed by atoms with Crippen molar-refractivity contribution in [3.63, 3.8) is 0 Å². The fraction of sp³-hybridized carbons (Fsp3) is 0.500. The number of hydrogen-bond acceptors (Lipinski definition) is 6. The highest BCUT2D eigenvalue weighted by Gasteiger charge is 2.29. The van der Waals surface area contributed by atoms with Crippen LogP contribution in [0.1, 0.15) is 39.2 Å². The Kier molecular flexibility index (Phi) is 6.39. The molecule has 7 nitrogen and oxygen atoms in total. The van der Waals surface area contributed by atoms with E-state index in [4.69, 9.17) is 4.74 Å². The molecule has 0 radical (unpaired) electrons. The number of carbonyl (C=O) groups is 2. The number of amides is 1. The number of nitrogens with zero attached hydrogens (tertiary/aromatic N) is 2. The topological polar surface area (TPSA) is 90.3 Å². The second kappa shape index (κ2) is 8.77. The number of benzene rings is 1. The van der Waals surface area contributed by atoms with E-state index in [2.05, 4.69) is 10.3 Å². The summed E-state index contributed by atoms with van der Waals surface area (Å²) in [4.78, 5) is 41.8. The van der Waals surface area contributed by atoms with Crippen LogP contribution < -0.4 is 10.9 Å². The molecule has 0 bridgehead atoms. The molecule has 2 aromatic rings. The lowest BCUT2D eigenvalue weighted by Gasteiger charge is -2.18. The zero-order valence-electron chi connectivity index (χ0n) is 16.3. The first-order valence-corrected chi connectivity index (χ1v) is 10.4. The van der Waals surface area contributed by atoms with Crippen molar-refractivity contribution in [2.75, 3.05) is 12.9 Å². The smallest absolute Gasteiger partial charge is 0.328 e. The third-order valence-electron chi connectivity index (χ3n) is 4.55. The van der Waals surface area contributed by atoms with Crippen molar-refractivity contribution in [2.45, 2.75) is 50.4 Å². The van der Waals surface area contributed by atoms with Crippen molar-refractivity contribution in [3.8, 4) is 0 Å². The maximum atomic E-state index is 12.9. The Labute approximate surface area is 167 Å². The van der Waals surface area contributed by atoms with E-state index in [1.807, 2.05) is 26.0 Å². The molecule has 1 N–H and O–H groups in total. The van der Waals surface area contributed by atoms with Gasteiger partial charge in [0.15, 0.2) is 5.16 Å². The SMILES string of the molecule is COC(=O)[C@@H](CC(C)C)NC(=O)CSc1nc2ccccc2c(=O)n1C1CC1. The van der Waals surface area contributed by atoms with Crippen molar-refractivity contribution in [1.29, 1.82) is 0 Å². The first kappa shape index (κ1) is 20.4. The van der Waals surface area contributed by atoms with Crippen molar-refractivity contribution >= 4 is 34.5 Å². The zero-order chi connectivity index (χ0) is 20.3. The van der Waals surface area contributed by atoms with E-state index in [-0.39, 0.29) is 29.2 Å². The number of aromatic nitrogens is 2. The van der Waals surface area contributed by atoms with Gasteiger partial charge in [0.2, 0.25) is 5.91 Å². The van der Waals surface area contributed by atoms with Gasteiger partial charge in [0.05, 0.1) is 23.8 Å². The Hall–Kier alpha value is -2.35. The number of thioether (sulfide) groups is 1. The van der Waals surface area contributed by atoms with Gasteiger partial charge in [-0.2, -0.15) is 0 Å². The van der Waals surface area contributed by atoms with Crippen LogP contribution in [0.15, 0.2) is 34.2 Å². The minimum absolute atomic E-state index is 0.0664. The highest BCUT2D eigenvalue weighted by Crippen LogP contribution is 2.36. The summed E-state index contributed by atoms with van der Waals surface area (Å²) in [6, 6.07) is 6.72. The third kappa shape index (κ3) is 4.73. The fourth-order valence-corrected chi connectivity index (χ4v) is 3.95. The molecule has 8 heteroatoms. The third-order valence-corrected chi connectivity index (χ3v) is 5.50. The highest BCUT2D eigenvalue weighted by atomic mass is 32.2. The quantitative estimate of drug-likeness (QED) is 0.414. The molecule has 1 aromatic heterocycles. The molecular formula is C20H25N3O4S. The number of hydrogen-bond donors (Lipinski definition) is 1. The number of carbonyl (C=O) groups excluding carboxylic acids is 2. The van der Waals surface area contributed by atoms with Crippen LogP contribution in [0.3, 0.4) is 0 Å². The zero-order valence-corrected chi connectivity index (χ0v) is 17.1. The van der Waals surface area contributed by atoms with E-state index in [1.165, 1.54) is 18.9 Å². The molecule has 0 unspecified atom stereocenters. The summed E-state index contributed by atoms with van der Waals surface area (Å²) in [7, 11) is 1.31. The Morgan fingerprint density at radius 3 is 2.68 bits per heavy atom. The van der Waals surface area contributed by atoms with Gasteiger partial charge >= 0.3 is 5.97 Å². The predicted molar refractivity (Wildman–Crippen MR) is 108 cm³/mol. The van der Waals surface area contributed by atoms with Crippen LogP contribution in [-0.4, -0.2) is 40.3 Å². The normalized spacial score (nSPS) is 14.9. The number of para-hydroxylation sites is 1. The van der Waals surface area contributed by atoms with Crippen LogP contribution >= 0.6 is 11.8 Å². The maximum absolute atomic E-state index is 12.9. The average Bonchev–Trinajstić information content (AvgIpc) is 3.50. The first-order valence-electron chi connectivity index (χ1n) is 9.42. The van der Waals surface area contributed by atoms with Crippen LogP contribution in [0, 0.1) is 5.92 Å². The maximum Gasteiger partial charge on any atom is 0.328 e. The molecule has 1 heterocycles. The summed E-state index contributed by atoms with van der Waals surface area (Å²) in [5, 5.41) is 3.87. The van der Waals surface area contributed by atoms with Crippen molar-refractivity contribution in [3.05, 3.63) is 34.6 Å². The molecule has 1 saturated carbocycles. The predicted octanol–water partition coefficient (Wildman–Crippen LogP) is 2.53. The molecule has 1 atom stereocenters. The van der Waals surface area contributed by atoms with Gasteiger partial charge in [0.25, 0.3) is 5.56 Å². The summed E-state index contributed by atoms with van der Waals surface area (Å²) in [5.74, 6) is -0.431. The van der Waals surface area contributed by atoms with Gasteiger partial charge in [-0.05, 0) is 37.3 Å². The minimum atomic E-state index is -0.673. The molecule has 1 aliphatic rings. The van der Waals surface area contributed by atoms with Gasteiger partial charge in [0, 0.05) is 6.04 Å². The standard InChI is InChI=1S/C20H25N3O4S/c1-12(2)10-16(19(26)27-3)21-17(24)11-28-20-22-15-7-5-4-6-14(15)18(25)23(20)13-8-9-13/h4-7,12-13,16H,8-11H2,1-3H3,(H,21,24)/t16-/m1/s1. The van der Waals surface area contributed by atoms with Crippen LogP contribution in [0.5, 0.6) is 0 Å². The summed E-state index contributed by atoms with van der Waals surface area (Å²) in [6.07, 6.45) is 2.39. The van der Waals surface area contributed by atoms with Gasteiger partial charge in [-0.3, -0.25) is 14.2 Å². The average molecular weight is 404 g/mol. The highest BCUT2D eigenvalue weighted by molar-refractivity contribution is 7.99. The molecule has 1 amide bonds. The molecule has 1 aromatic carbocycles. The first-order chi connectivity index (χ1) is 13.4. The van der Waals surface area contributed by atoms with Crippen LogP contribution in [-0.2, 0) is 14.3 Å². The summed E-state index contributed by atoms with van der Waals surface area (Å²) < 4.78 is 6.48. The van der Waals surface area contributed by atoms with E-state index >= 15 is 0 Å². The summed E-state index contributed by atoms with van der Waals surface area (Å²) >= 11 is 1.22. The van der Waals surface area contributed by atoms with E-state index in [1.54, 1.807) is 16.7 Å². The molecule has 3 rings (SSSR count). The molecular weight excluding hydrogens is 378 g/mol. The van der Waals surface area contributed by atoms with E-state index in [9.17, 15) is 14.4 Å². The van der Waals surface area contributed by atoms with Gasteiger partial charge in [-0.25, -0.2) is 9.78 Å². The molecule has 28 heavy (non-hydrogen) atoms. The van der Waals surface area contributed by atoms with E-state index < -0.39 is 12.0 Å². The second-order valence-electron chi connectivity index (χ2n) is 7.38. The number of rotatable bonds is 8. The van der Waals surface area contributed by atoms with Gasteiger partial charge in [-0.1, -0.05) is 37.7 Å².